The molecule has 1 N–H and O–H groups in total. The van der Waals surface area contributed by atoms with Crippen LogP contribution in [0.25, 0.3) is 0 Å². The molecule has 0 radical (unpaired) electrons. The first-order valence-corrected chi connectivity index (χ1v) is 9.31. The number of likely N-dealkylation sites (tertiary alicyclic amines) is 1. The van der Waals surface area contributed by atoms with Gasteiger partial charge < -0.3 is 19.1 Å². The summed E-state index contributed by atoms with van der Waals surface area (Å²) in [5.74, 6) is -0.118. The summed E-state index contributed by atoms with van der Waals surface area (Å²) in [6.45, 7) is 6.52. The van der Waals surface area contributed by atoms with Gasteiger partial charge in [-0.1, -0.05) is 9.95 Å². The van der Waals surface area contributed by atoms with Gasteiger partial charge in [-0.3, -0.25) is 0 Å². The second-order valence-corrected chi connectivity index (χ2v) is 7.87. The molecule has 1 aliphatic rings. The van der Waals surface area contributed by atoms with Gasteiger partial charge in [0.05, 0.1) is 0 Å². The van der Waals surface area contributed by atoms with Crippen LogP contribution in [0.4, 0.5) is 14.4 Å². The lowest BCUT2D eigenvalue weighted by Crippen LogP contribution is -2.46. The number of ether oxygens (including phenoxy) is 1. The maximum atomic E-state index is 12.6. The maximum Gasteiger partial charge on any atom is 0.488 e. The molecule has 0 aromatic heterocycles. The van der Waals surface area contributed by atoms with E-state index in [1.807, 2.05) is 20.8 Å². The summed E-state index contributed by atoms with van der Waals surface area (Å²) in [6, 6.07) is 5.97. The first kappa shape index (κ1) is 19.3. The summed E-state index contributed by atoms with van der Waals surface area (Å²) in [4.78, 5) is 13.8. The molecule has 0 saturated carbocycles. The Morgan fingerprint density at radius 2 is 2.08 bits per heavy atom. The van der Waals surface area contributed by atoms with Crippen molar-refractivity contribution in [2.75, 3.05) is 18.4 Å². The number of anilines is 1. The number of amides is 1. The van der Waals surface area contributed by atoms with Crippen LogP contribution in [0.15, 0.2) is 24.3 Å². The third kappa shape index (κ3) is 6.77. The van der Waals surface area contributed by atoms with E-state index in [0.717, 1.165) is 12.8 Å². The molecular weight excluding hydrogens is 351 g/mol. The van der Waals surface area contributed by atoms with Crippen LogP contribution >= 0.6 is 0 Å². The predicted octanol–water partition coefficient (Wildman–Crippen LogP) is 3.09. The fourth-order valence-electron chi connectivity index (χ4n) is 2.58. The van der Waals surface area contributed by atoms with Gasteiger partial charge in [0.2, 0.25) is 0 Å². The monoisotopic (exact) mass is 374 g/mol. The second kappa shape index (κ2) is 7.47. The molecule has 1 heterocycles. The quantitative estimate of drug-likeness (QED) is 0.815. The second-order valence-electron chi connectivity index (χ2n) is 6.91. The number of hydrogen-bond donors (Lipinski definition) is 1. The van der Waals surface area contributed by atoms with Crippen LogP contribution in [0.1, 0.15) is 33.6 Å². The Labute approximate surface area is 147 Å². The van der Waals surface area contributed by atoms with E-state index in [0.29, 0.717) is 18.8 Å². The first-order valence-electron chi connectivity index (χ1n) is 8.00. The number of hydrogen-bond acceptors (Lipinski definition) is 6. The van der Waals surface area contributed by atoms with Gasteiger partial charge in [0.15, 0.2) is 0 Å². The molecule has 9 heteroatoms. The highest BCUT2D eigenvalue weighted by atomic mass is 32.3. The highest BCUT2D eigenvalue weighted by Gasteiger charge is 2.27. The van der Waals surface area contributed by atoms with Crippen LogP contribution in [0.3, 0.4) is 0 Å². The summed E-state index contributed by atoms with van der Waals surface area (Å²) < 4.78 is 43.4. The van der Waals surface area contributed by atoms with E-state index in [9.17, 15) is 17.1 Å². The standard InChI is InChI=1S/C16H23FN2O5S/c1-16(2,3)23-15(20)19-9-5-7-13(11-19)18-12-6-4-8-14(10-12)24-25(17,21)22/h4,6,8,10,13,18H,5,7,9,11H2,1-3H3/t13-/m1/s1. The molecule has 7 nitrogen and oxygen atoms in total. The Kier molecular flexibility index (Phi) is 5.76. The number of carbonyl (C=O) groups excluding carboxylic acids is 1. The Morgan fingerprint density at radius 3 is 2.72 bits per heavy atom. The topological polar surface area (TPSA) is 84.9 Å². The molecule has 1 aromatic rings. The van der Waals surface area contributed by atoms with Gasteiger partial charge in [-0.25, -0.2) is 4.79 Å². The summed E-state index contributed by atoms with van der Waals surface area (Å²) in [5, 5.41) is 3.21. The highest BCUT2D eigenvalue weighted by molar-refractivity contribution is 7.81. The van der Waals surface area contributed by atoms with Crippen LogP contribution in [-0.4, -0.2) is 44.1 Å². The van der Waals surface area contributed by atoms with Crippen molar-refractivity contribution in [3.8, 4) is 5.75 Å². The molecule has 140 valence electrons. The molecule has 0 aliphatic carbocycles. The predicted molar refractivity (Wildman–Crippen MR) is 91.5 cm³/mol. The molecular formula is C16H23FN2O5S. The molecule has 1 aliphatic heterocycles. The molecule has 1 aromatic carbocycles. The van der Waals surface area contributed by atoms with Crippen molar-refractivity contribution in [2.24, 2.45) is 0 Å². The molecule has 2 rings (SSSR count). The molecule has 0 spiro atoms. The van der Waals surface area contributed by atoms with E-state index >= 15 is 0 Å². The molecule has 1 atom stereocenters. The zero-order chi connectivity index (χ0) is 18.7. The van der Waals surface area contributed by atoms with Crippen LogP contribution in [0, 0.1) is 0 Å². The van der Waals surface area contributed by atoms with E-state index in [1.165, 1.54) is 12.1 Å². The van der Waals surface area contributed by atoms with Gasteiger partial charge >= 0.3 is 16.6 Å². The van der Waals surface area contributed by atoms with Gasteiger partial charge in [-0.05, 0) is 45.7 Å². The molecule has 1 saturated heterocycles. The van der Waals surface area contributed by atoms with Crippen molar-refractivity contribution >= 4 is 22.3 Å². The van der Waals surface area contributed by atoms with Crippen molar-refractivity contribution in [1.82, 2.24) is 4.90 Å². The van der Waals surface area contributed by atoms with Gasteiger partial charge in [-0.2, -0.15) is 8.42 Å². The van der Waals surface area contributed by atoms with Gasteiger partial charge in [0, 0.05) is 30.9 Å². The van der Waals surface area contributed by atoms with Crippen molar-refractivity contribution in [1.29, 1.82) is 0 Å². The fourth-order valence-corrected chi connectivity index (χ4v) is 2.91. The lowest BCUT2D eigenvalue weighted by Gasteiger charge is -2.34. The molecule has 25 heavy (non-hydrogen) atoms. The average molecular weight is 374 g/mol. The van der Waals surface area contributed by atoms with Crippen molar-refractivity contribution in [3.63, 3.8) is 0 Å². The van der Waals surface area contributed by atoms with E-state index in [4.69, 9.17) is 4.74 Å². The third-order valence-electron chi connectivity index (χ3n) is 3.47. The zero-order valence-corrected chi connectivity index (χ0v) is 15.3. The summed E-state index contributed by atoms with van der Waals surface area (Å²) in [5.41, 5.74) is 0.0262. The van der Waals surface area contributed by atoms with Crippen LogP contribution < -0.4 is 9.50 Å². The van der Waals surface area contributed by atoms with Gasteiger partial charge in [0.25, 0.3) is 0 Å². The summed E-state index contributed by atoms with van der Waals surface area (Å²) >= 11 is 0. The maximum absolute atomic E-state index is 12.6. The minimum absolute atomic E-state index is 0.0292. The van der Waals surface area contributed by atoms with Crippen molar-refractivity contribution in [3.05, 3.63) is 24.3 Å². The Hall–Kier alpha value is -2.03. The van der Waals surface area contributed by atoms with E-state index in [-0.39, 0.29) is 17.9 Å². The number of nitrogens with one attached hydrogen (secondary N) is 1. The Balaban J connectivity index is 1.98. The number of nitrogens with zero attached hydrogens (tertiary/aromatic N) is 1. The molecule has 0 bridgehead atoms. The lowest BCUT2D eigenvalue weighted by atomic mass is 10.1. The Bertz CT molecular complexity index is 717. The fraction of sp³-hybridized carbons (Fsp3) is 0.562. The Morgan fingerprint density at radius 1 is 1.36 bits per heavy atom. The third-order valence-corrected chi connectivity index (χ3v) is 3.87. The van der Waals surface area contributed by atoms with Gasteiger partial charge in [0.1, 0.15) is 11.4 Å². The molecule has 0 unspecified atom stereocenters. The number of carbonyl (C=O) groups is 1. The van der Waals surface area contributed by atoms with Crippen molar-refractivity contribution in [2.45, 2.75) is 45.3 Å². The first-order chi connectivity index (χ1) is 11.5. The van der Waals surface area contributed by atoms with Crippen LogP contribution in [0.2, 0.25) is 0 Å². The largest absolute Gasteiger partial charge is 0.488 e. The zero-order valence-electron chi connectivity index (χ0n) is 14.5. The summed E-state index contributed by atoms with van der Waals surface area (Å²) in [7, 11) is -5.06. The van der Waals surface area contributed by atoms with E-state index in [2.05, 4.69) is 9.50 Å². The minimum atomic E-state index is -5.06. The smallest absolute Gasteiger partial charge is 0.444 e. The van der Waals surface area contributed by atoms with E-state index < -0.39 is 16.1 Å². The van der Waals surface area contributed by atoms with E-state index in [1.54, 1.807) is 17.0 Å². The number of piperidine rings is 1. The van der Waals surface area contributed by atoms with Crippen LogP contribution in [-0.2, 0) is 15.2 Å². The van der Waals surface area contributed by atoms with Crippen molar-refractivity contribution < 1.29 is 26.0 Å². The molecule has 1 amide bonds. The lowest BCUT2D eigenvalue weighted by molar-refractivity contribution is 0.0206. The number of benzene rings is 1. The minimum Gasteiger partial charge on any atom is -0.444 e. The van der Waals surface area contributed by atoms with Gasteiger partial charge in [-0.15, -0.1) is 0 Å². The van der Waals surface area contributed by atoms with Crippen LogP contribution in [0.5, 0.6) is 5.75 Å². The number of halogens is 1. The number of rotatable bonds is 4. The highest BCUT2D eigenvalue weighted by Crippen LogP contribution is 2.23. The SMILES string of the molecule is CC(C)(C)OC(=O)N1CCC[C@@H](Nc2cccc(OS(=O)(=O)F)c2)C1. The normalized spacial score (nSPS) is 18.6. The molecule has 1 fully saturated rings. The summed E-state index contributed by atoms with van der Waals surface area (Å²) in [6.07, 6.45) is 1.29. The average Bonchev–Trinajstić information content (AvgIpc) is 2.44.